The van der Waals surface area contributed by atoms with E-state index in [-0.39, 0.29) is 5.69 Å². The second-order valence-corrected chi connectivity index (χ2v) is 5.42. The van der Waals surface area contributed by atoms with Crippen LogP contribution in [0, 0.1) is 10.1 Å². The third-order valence-electron chi connectivity index (χ3n) is 3.89. The van der Waals surface area contributed by atoms with Crippen LogP contribution in [-0.4, -0.2) is 27.7 Å². The number of benzene rings is 2. The molecule has 0 unspecified atom stereocenters. The molecule has 0 bridgehead atoms. The van der Waals surface area contributed by atoms with Gasteiger partial charge in [0.05, 0.1) is 29.3 Å². The van der Waals surface area contributed by atoms with E-state index >= 15 is 0 Å². The highest BCUT2D eigenvalue weighted by atomic mass is 16.6. The van der Waals surface area contributed by atoms with Crippen LogP contribution in [0.3, 0.4) is 0 Å². The molecule has 3 aromatic rings. The topological polar surface area (TPSA) is 87.3 Å². The van der Waals surface area contributed by atoms with E-state index in [1.54, 1.807) is 6.07 Å². The lowest BCUT2D eigenvalue weighted by molar-refractivity contribution is -0.384. The van der Waals surface area contributed by atoms with Gasteiger partial charge in [0, 0.05) is 29.7 Å². The maximum absolute atomic E-state index is 12.5. The molecule has 0 saturated heterocycles. The van der Waals surface area contributed by atoms with E-state index in [1.165, 1.54) is 16.7 Å². The summed E-state index contributed by atoms with van der Waals surface area (Å²) in [4.78, 5) is 27.4. The van der Waals surface area contributed by atoms with Crippen molar-refractivity contribution in [3.63, 3.8) is 0 Å². The molecule has 0 saturated carbocycles. The van der Waals surface area contributed by atoms with Crippen molar-refractivity contribution in [1.29, 1.82) is 0 Å². The van der Waals surface area contributed by atoms with E-state index in [1.807, 2.05) is 37.3 Å². The number of nitrogens with zero attached hydrogens (tertiary/aromatic N) is 3. The van der Waals surface area contributed by atoms with Crippen molar-refractivity contribution in [2.75, 3.05) is 13.2 Å². The van der Waals surface area contributed by atoms with E-state index in [0.29, 0.717) is 36.4 Å². The molecule has 0 aliphatic heterocycles. The number of nitro groups is 1. The normalized spacial score (nSPS) is 10.9. The molecule has 0 fully saturated rings. The fourth-order valence-electron chi connectivity index (χ4n) is 2.71. The average Bonchev–Trinajstić information content (AvgIpc) is 2.63. The summed E-state index contributed by atoms with van der Waals surface area (Å²) in [6, 6.07) is 13.6. The average molecular weight is 339 g/mol. The number of ether oxygens (including phenoxy) is 1. The summed E-state index contributed by atoms with van der Waals surface area (Å²) in [6.45, 7) is 3.13. The van der Waals surface area contributed by atoms with E-state index < -0.39 is 10.6 Å². The maximum Gasteiger partial charge on any atom is 0.348 e. The van der Waals surface area contributed by atoms with Crippen molar-refractivity contribution in [3.8, 4) is 11.3 Å². The standard InChI is InChI=1S/C18H17N3O4/c1-2-25-11-10-20-16-9-8-14(21(23)24)12-15(16)17(19-18(20)22)13-6-4-3-5-7-13/h3-9,12H,2,10-11H2,1H3. The first kappa shape index (κ1) is 16.8. The van der Waals surface area contributed by atoms with Crippen LogP contribution in [0.25, 0.3) is 22.2 Å². The maximum atomic E-state index is 12.5. The Balaban J connectivity index is 2.25. The SMILES string of the molecule is CCOCCn1c(=O)nc(-c2ccccc2)c2cc([N+](=O)[O-])ccc21. The van der Waals surface area contributed by atoms with Crippen LogP contribution in [0.4, 0.5) is 5.69 Å². The predicted octanol–water partition coefficient (Wildman–Crippen LogP) is 3.01. The molecule has 3 rings (SSSR count). The quantitative estimate of drug-likeness (QED) is 0.391. The lowest BCUT2D eigenvalue weighted by Crippen LogP contribution is -2.26. The van der Waals surface area contributed by atoms with E-state index in [4.69, 9.17) is 4.74 Å². The number of aromatic nitrogens is 2. The zero-order chi connectivity index (χ0) is 17.8. The first-order valence-electron chi connectivity index (χ1n) is 7.94. The third kappa shape index (κ3) is 3.41. The third-order valence-corrected chi connectivity index (χ3v) is 3.89. The van der Waals surface area contributed by atoms with E-state index in [9.17, 15) is 14.9 Å². The van der Waals surface area contributed by atoms with Crippen molar-refractivity contribution in [2.45, 2.75) is 13.5 Å². The summed E-state index contributed by atoms with van der Waals surface area (Å²) in [7, 11) is 0. The van der Waals surface area contributed by atoms with Crippen molar-refractivity contribution in [1.82, 2.24) is 9.55 Å². The molecule has 2 aromatic carbocycles. The Labute approximate surface area is 143 Å². The van der Waals surface area contributed by atoms with Gasteiger partial charge >= 0.3 is 5.69 Å². The smallest absolute Gasteiger partial charge is 0.348 e. The molecule has 128 valence electrons. The molecule has 0 amide bonds. The zero-order valence-electron chi connectivity index (χ0n) is 13.7. The minimum Gasteiger partial charge on any atom is -0.380 e. The number of non-ortho nitro benzene ring substituents is 1. The van der Waals surface area contributed by atoms with Crippen LogP contribution in [0.1, 0.15) is 6.92 Å². The second-order valence-electron chi connectivity index (χ2n) is 5.42. The summed E-state index contributed by atoms with van der Waals surface area (Å²) in [5.41, 5.74) is 1.34. The Hall–Kier alpha value is -3.06. The number of fused-ring (bicyclic) bond motifs is 1. The number of nitro benzene ring substituents is 1. The largest absolute Gasteiger partial charge is 0.380 e. The van der Waals surface area contributed by atoms with Gasteiger partial charge in [0.1, 0.15) is 0 Å². The highest BCUT2D eigenvalue weighted by Gasteiger charge is 2.15. The molecule has 0 N–H and O–H groups in total. The molecule has 1 aromatic heterocycles. The first-order valence-corrected chi connectivity index (χ1v) is 7.94. The molecule has 0 spiro atoms. The summed E-state index contributed by atoms with van der Waals surface area (Å²) in [6.07, 6.45) is 0. The zero-order valence-corrected chi connectivity index (χ0v) is 13.7. The number of hydrogen-bond donors (Lipinski definition) is 0. The Bertz CT molecular complexity index is 967. The van der Waals surface area contributed by atoms with E-state index in [0.717, 1.165) is 5.56 Å². The predicted molar refractivity (Wildman–Crippen MR) is 94.6 cm³/mol. The fraction of sp³-hybridized carbons (Fsp3) is 0.222. The molecule has 1 heterocycles. The van der Waals surface area contributed by atoms with Crippen LogP contribution >= 0.6 is 0 Å². The first-order chi connectivity index (χ1) is 12.1. The molecule has 7 heteroatoms. The summed E-state index contributed by atoms with van der Waals surface area (Å²) < 4.78 is 6.81. The molecule has 25 heavy (non-hydrogen) atoms. The van der Waals surface area contributed by atoms with Crippen LogP contribution < -0.4 is 5.69 Å². The van der Waals surface area contributed by atoms with Crippen molar-refractivity contribution < 1.29 is 9.66 Å². The van der Waals surface area contributed by atoms with Gasteiger partial charge in [0.25, 0.3) is 5.69 Å². The van der Waals surface area contributed by atoms with Gasteiger partial charge in [-0.3, -0.25) is 14.7 Å². The van der Waals surface area contributed by atoms with Gasteiger partial charge in [0.15, 0.2) is 0 Å². The van der Waals surface area contributed by atoms with Gasteiger partial charge in [-0.05, 0) is 13.0 Å². The van der Waals surface area contributed by atoms with Crippen molar-refractivity contribution >= 4 is 16.6 Å². The van der Waals surface area contributed by atoms with E-state index in [2.05, 4.69) is 4.98 Å². The van der Waals surface area contributed by atoms with Gasteiger partial charge in [-0.15, -0.1) is 0 Å². The molecule has 0 radical (unpaired) electrons. The number of hydrogen-bond acceptors (Lipinski definition) is 5. The lowest BCUT2D eigenvalue weighted by atomic mass is 10.1. The molecule has 7 nitrogen and oxygen atoms in total. The number of rotatable bonds is 6. The molecular formula is C18H17N3O4. The minimum absolute atomic E-state index is 0.0403. The molecule has 0 aliphatic carbocycles. The highest BCUT2D eigenvalue weighted by molar-refractivity contribution is 5.93. The van der Waals surface area contributed by atoms with Gasteiger partial charge in [-0.25, -0.2) is 4.79 Å². The Kier molecular flexibility index (Phi) is 4.85. The van der Waals surface area contributed by atoms with Crippen LogP contribution in [0.15, 0.2) is 53.3 Å². The van der Waals surface area contributed by atoms with Gasteiger partial charge in [-0.1, -0.05) is 30.3 Å². The van der Waals surface area contributed by atoms with Crippen molar-refractivity contribution in [2.24, 2.45) is 0 Å². The Morgan fingerprint density at radius 3 is 2.64 bits per heavy atom. The Morgan fingerprint density at radius 2 is 1.96 bits per heavy atom. The van der Waals surface area contributed by atoms with Crippen LogP contribution in [0.5, 0.6) is 0 Å². The minimum atomic E-state index is -0.455. The fourth-order valence-corrected chi connectivity index (χ4v) is 2.71. The molecular weight excluding hydrogens is 322 g/mol. The summed E-state index contributed by atoms with van der Waals surface area (Å²) in [5, 5.41) is 11.7. The van der Waals surface area contributed by atoms with Crippen molar-refractivity contribution in [3.05, 3.63) is 69.1 Å². The highest BCUT2D eigenvalue weighted by Crippen LogP contribution is 2.28. The monoisotopic (exact) mass is 339 g/mol. The van der Waals surface area contributed by atoms with Gasteiger partial charge in [0.2, 0.25) is 0 Å². The summed E-state index contributed by atoms with van der Waals surface area (Å²) >= 11 is 0. The van der Waals surface area contributed by atoms with Gasteiger partial charge < -0.3 is 4.74 Å². The van der Waals surface area contributed by atoms with Crippen LogP contribution in [0.2, 0.25) is 0 Å². The second kappa shape index (κ2) is 7.23. The van der Waals surface area contributed by atoms with Crippen LogP contribution in [-0.2, 0) is 11.3 Å². The molecule has 0 atom stereocenters. The summed E-state index contributed by atoms with van der Waals surface area (Å²) in [5.74, 6) is 0. The Morgan fingerprint density at radius 1 is 1.20 bits per heavy atom. The van der Waals surface area contributed by atoms with Gasteiger partial charge in [-0.2, -0.15) is 4.98 Å². The molecule has 0 aliphatic rings. The lowest BCUT2D eigenvalue weighted by Gasteiger charge is -2.12.